The minimum atomic E-state index is 0.371. The molecule has 0 bridgehead atoms. The van der Waals surface area contributed by atoms with Crippen molar-refractivity contribution in [1.82, 2.24) is 9.80 Å². The number of furan rings is 1. The number of hydrogen-bond donors (Lipinski definition) is 0. The van der Waals surface area contributed by atoms with Gasteiger partial charge in [-0.25, -0.2) is 0 Å². The number of fused-ring (bicyclic) bond motifs is 1. The lowest BCUT2D eigenvalue weighted by Crippen LogP contribution is -2.53. The molecular weight excluding hydrogens is 228 g/mol. The number of morpholine rings is 1. The van der Waals surface area contributed by atoms with Gasteiger partial charge in [0, 0.05) is 25.7 Å². The fourth-order valence-electron chi connectivity index (χ4n) is 3.18. The lowest BCUT2D eigenvalue weighted by molar-refractivity contribution is -0.0583. The summed E-state index contributed by atoms with van der Waals surface area (Å²) in [6.45, 7) is 9.49. The molecule has 2 atom stereocenters. The number of likely N-dealkylation sites (tertiary alicyclic amines) is 1. The van der Waals surface area contributed by atoms with Crippen LogP contribution >= 0.6 is 0 Å². The second-order valence-electron chi connectivity index (χ2n) is 5.58. The van der Waals surface area contributed by atoms with Crippen LogP contribution in [0.2, 0.25) is 0 Å². The Balaban J connectivity index is 1.65. The summed E-state index contributed by atoms with van der Waals surface area (Å²) in [5.41, 5.74) is 0. The van der Waals surface area contributed by atoms with E-state index in [1.54, 1.807) is 6.26 Å². The van der Waals surface area contributed by atoms with Gasteiger partial charge in [-0.1, -0.05) is 0 Å². The van der Waals surface area contributed by atoms with E-state index in [1.165, 1.54) is 0 Å². The van der Waals surface area contributed by atoms with Crippen LogP contribution in [0.1, 0.15) is 19.6 Å². The van der Waals surface area contributed by atoms with Gasteiger partial charge in [-0.05, 0) is 26.0 Å². The van der Waals surface area contributed by atoms with E-state index in [0.29, 0.717) is 18.2 Å². The standard InChI is InChI=1S/C14H22N2O2/c1-11(2)16-5-7-18-14-10-15(9-13(14)16)8-12-4-3-6-17-12/h3-4,6,11,13-14H,5,7-10H2,1-2H3/t13-,14+/m1/s1. The molecule has 4 heteroatoms. The number of hydrogen-bond acceptors (Lipinski definition) is 4. The normalized spacial score (nSPS) is 29.9. The molecular formula is C14H22N2O2. The summed E-state index contributed by atoms with van der Waals surface area (Å²) in [4.78, 5) is 5.02. The second-order valence-corrected chi connectivity index (χ2v) is 5.58. The summed E-state index contributed by atoms with van der Waals surface area (Å²) >= 11 is 0. The fourth-order valence-corrected chi connectivity index (χ4v) is 3.18. The molecule has 1 aromatic heterocycles. The highest BCUT2D eigenvalue weighted by molar-refractivity contribution is 5.01. The number of rotatable bonds is 3. The number of ether oxygens (including phenoxy) is 1. The van der Waals surface area contributed by atoms with Crippen molar-refractivity contribution < 1.29 is 9.15 Å². The van der Waals surface area contributed by atoms with Crippen LogP contribution in [0.25, 0.3) is 0 Å². The summed E-state index contributed by atoms with van der Waals surface area (Å²) in [6.07, 6.45) is 2.12. The Hall–Kier alpha value is -0.840. The first-order chi connectivity index (χ1) is 8.74. The van der Waals surface area contributed by atoms with E-state index < -0.39 is 0 Å². The molecule has 2 fully saturated rings. The smallest absolute Gasteiger partial charge is 0.117 e. The van der Waals surface area contributed by atoms with Gasteiger partial charge in [0.05, 0.1) is 31.6 Å². The molecule has 2 aliphatic heterocycles. The zero-order valence-corrected chi connectivity index (χ0v) is 11.2. The zero-order valence-electron chi connectivity index (χ0n) is 11.2. The van der Waals surface area contributed by atoms with Crippen LogP contribution in [0.3, 0.4) is 0 Å². The van der Waals surface area contributed by atoms with Crippen molar-refractivity contribution in [3.05, 3.63) is 24.2 Å². The van der Waals surface area contributed by atoms with E-state index in [4.69, 9.17) is 9.15 Å². The van der Waals surface area contributed by atoms with Crippen LogP contribution in [0.5, 0.6) is 0 Å². The summed E-state index contributed by atoms with van der Waals surface area (Å²) in [6, 6.07) is 5.15. The average molecular weight is 250 g/mol. The molecule has 3 rings (SSSR count). The van der Waals surface area contributed by atoms with Gasteiger partial charge in [0.2, 0.25) is 0 Å². The summed E-state index contributed by atoms with van der Waals surface area (Å²) < 4.78 is 11.3. The quantitative estimate of drug-likeness (QED) is 0.814. The minimum absolute atomic E-state index is 0.371. The lowest BCUT2D eigenvalue weighted by atomic mass is 10.1. The van der Waals surface area contributed by atoms with Crippen LogP contribution in [0.4, 0.5) is 0 Å². The molecule has 2 saturated heterocycles. The van der Waals surface area contributed by atoms with Gasteiger partial charge in [-0.15, -0.1) is 0 Å². The molecule has 0 amide bonds. The van der Waals surface area contributed by atoms with Crippen LogP contribution < -0.4 is 0 Å². The van der Waals surface area contributed by atoms with Crippen molar-refractivity contribution in [2.45, 2.75) is 38.6 Å². The number of nitrogens with zero attached hydrogens (tertiary/aromatic N) is 2. The van der Waals surface area contributed by atoms with E-state index in [1.807, 2.05) is 12.1 Å². The van der Waals surface area contributed by atoms with Gasteiger partial charge in [0.25, 0.3) is 0 Å². The third-order valence-corrected chi connectivity index (χ3v) is 4.04. The van der Waals surface area contributed by atoms with Gasteiger partial charge < -0.3 is 9.15 Å². The van der Waals surface area contributed by atoms with Crippen molar-refractivity contribution in [3.8, 4) is 0 Å². The molecule has 0 N–H and O–H groups in total. The van der Waals surface area contributed by atoms with E-state index in [9.17, 15) is 0 Å². The first-order valence-corrected chi connectivity index (χ1v) is 6.86. The molecule has 3 heterocycles. The van der Waals surface area contributed by atoms with Crippen molar-refractivity contribution in [2.24, 2.45) is 0 Å². The molecule has 1 aromatic rings. The first kappa shape index (κ1) is 12.2. The van der Waals surface area contributed by atoms with Crippen molar-refractivity contribution in [3.63, 3.8) is 0 Å². The lowest BCUT2D eigenvalue weighted by Gasteiger charge is -2.39. The molecule has 0 aromatic carbocycles. The van der Waals surface area contributed by atoms with Crippen LogP contribution in [0, 0.1) is 0 Å². The van der Waals surface area contributed by atoms with Crippen LogP contribution in [0.15, 0.2) is 22.8 Å². The Morgan fingerprint density at radius 2 is 2.28 bits per heavy atom. The molecule has 0 aliphatic carbocycles. The van der Waals surface area contributed by atoms with Crippen LogP contribution in [-0.4, -0.2) is 54.2 Å². The Morgan fingerprint density at radius 1 is 1.39 bits per heavy atom. The van der Waals surface area contributed by atoms with Crippen molar-refractivity contribution in [1.29, 1.82) is 0 Å². The van der Waals surface area contributed by atoms with Gasteiger partial charge in [0.15, 0.2) is 0 Å². The van der Waals surface area contributed by atoms with Gasteiger partial charge >= 0.3 is 0 Å². The Kier molecular flexibility index (Phi) is 3.41. The monoisotopic (exact) mass is 250 g/mol. The van der Waals surface area contributed by atoms with Crippen molar-refractivity contribution in [2.75, 3.05) is 26.2 Å². The van der Waals surface area contributed by atoms with E-state index in [2.05, 4.69) is 23.6 Å². The summed E-state index contributed by atoms with van der Waals surface area (Å²) in [7, 11) is 0. The Morgan fingerprint density at radius 3 is 3.00 bits per heavy atom. The molecule has 4 nitrogen and oxygen atoms in total. The Labute approximate surface area is 108 Å². The summed E-state index contributed by atoms with van der Waals surface area (Å²) in [5.74, 6) is 1.05. The highest BCUT2D eigenvalue weighted by atomic mass is 16.5. The van der Waals surface area contributed by atoms with E-state index in [-0.39, 0.29) is 0 Å². The molecule has 2 aliphatic rings. The second kappa shape index (κ2) is 5.03. The van der Waals surface area contributed by atoms with Gasteiger partial charge in [-0.2, -0.15) is 0 Å². The SMILES string of the molecule is CC(C)N1CCO[C@H]2CN(Cc3ccco3)C[C@H]21. The fraction of sp³-hybridized carbons (Fsp3) is 0.714. The Bertz CT molecular complexity index is 377. The highest BCUT2D eigenvalue weighted by Gasteiger charge is 2.40. The molecule has 0 radical (unpaired) electrons. The molecule has 0 saturated carbocycles. The van der Waals surface area contributed by atoms with Gasteiger partial charge in [0.1, 0.15) is 5.76 Å². The molecule has 0 spiro atoms. The molecule has 0 unspecified atom stereocenters. The van der Waals surface area contributed by atoms with Crippen LogP contribution in [-0.2, 0) is 11.3 Å². The average Bonchev–Trinajstić information content (AvgIpc) is 2.96. The maximum absolute atomic E-state index is 5.92. The topological polar surface area (TPSA) is 28.9 Å². The highest BCUT2D eigenvalue weighted by Crippen LogP contribution is 2.25. The van der Waals surface area contributed by atoms with E-state index in [0.717, 1.165) is 38.5 Å². The maximum Gasteiger partial charge on any atom is 0.117 e. The molecule has 100 valence electrons. The van der Waals surface area contributed by atoms with Gasteiger partial charge in [-0.3, -0.25) is 9.80 Å². The molecule has 18 heavy (non-hydrogen) atoms. The third-order valence-electron chi connectivity index (χ3n) is 4.04. The predicted molar refractivity (Wildman–Crippen MR) is 69.4 cm³/mol. The van der Waals surface area contributed by atoms with Crippen molar-refractivity contribution >= 4 is 0 Å². The largest absolute Gasteiger partial charge is 0.468 e. The predicted octanol–water partition coefficient (Wildman–Crippen LogP) is 1.57. The zero-order chi connectivity index (χ0) is 12.5. The first-order valence-electron chi connectivity index (χ1n) is 6.86. The maximum atomic E-state index is 5.92. The van der Waals surface area contributed by atoms with E-state index >= 15 is 0 Å². The third kappa shape index (κ3) is 2.32. The summed E-state index contributed by atoms with van der Waals surface area (Å²) in [5, 5.41) is 0. The minimum Gasteiger partial charge on any atom is -0.468 e.